The van der Waals surface area contributed by atoms with Crippen molar-refractivity contribution in [2.24, 2.45) is 0 Å². The van der Waals surface area contributed by atoms with Crippen LogP contribution in [-0.4, -0.2) is 10.6 Å². The van der Waals surface area contributed by atoms with E-state index in [0.29, 0.717) is 0 Å². The quantitative estimate of drug-likeness (QED) is 0.175. The summed E-state index contributed by atoms with van der Waals surface area (Å²) in [5, 5.41) is 2.58. The minimum atomic E-state index is -0.0657. The van der Waals surface area contributed by atoms with Crippen molar-refractivity contribution in [1.29, 1.82) is 0 Å². The lowest BCUT2D eigenvalue weighted by atomic mass is 9.82. The largest absolute Gasteiger partial charge is 0.334 e. The van der Waals surface area contributed by atoms with E-state index in [0.717, 1.165) is 19.3 Å². The van der Waals surface area contributed by atoms with Crippen molar-refractivity contribution in [2.45, 2.75) is 58.4 Å². The van der Waals surface area contributed by atoms with Gasteiger partial charge in [0.1, 0.15) is 0 Å². The molecule has 1 atom stereocenters. The zero-order valence-corrected chi connectivity index (χ0v) is 27.9. The van der Waals surface area contributed by atoms with E-state index in [1.54, 1.807) is 0 Å². The zero-order valence-electron chi connectivity index (χ0n) is 27.9. The second kappa shape index (κ2) is 11.6. The summed E-state index contributed by atoms with van der Waals surface area (Å²) in [5.74, 6) is 0. The van der Waals surface area contributed by atoms with Gasteiger partial charge in [0.05, 0.1) is 17.1 Å². The fourth-order valence-corrected chi connectivity index (χ4v) is 7.99. The molecule has 0 saturated heterocycles. The van der Waals surface area contributed by atoms with Crippen molar-refractivity contribution in [2.75, 3.05) is 4.90 Å². The SMILES string of the molecule is CCC(/C=C(\C)c1ccccc1)N(c1ccc2c(c1)C(C)(C)c1ccccc1-2)c1ccc2c(c1)c1ccccc1n2C1=CCCC=C1. The molecule has 1 heterocycles. The Kier molecular flexibility index (Phi) is 7.25. The van der Waals surface area contributed by atoms with Crippen molar-refractivity contribution in [1.82, 2.24) is 4.57 Å². The van der Waals surface area contributed by atoms with Gasteiger partial charge in [-0.05, 0) is 102 Å². The van der Waals surface area contributed by atoms with Crippen LogP contribution in [0.25, 0.3) is 44.2 Å². The lowest BCUT2D eigenvalue weighted by Gasteiger charge is -2.33. The van der Waals surface area contributed by atoms with Crippen LogP contribution in [0.3, 0.4) is 0 Å². The summed E-state index contributed by atoms with van der Waals surface area (Å²) >= 11 is 0. The second-order valence-corrected chi connectivity index (χ2v) is 13.6. The van der Waals surface area contributed by atoms with Gasteiger partial charge in [0.2, 0.25) is 0 Å². The summed E-state index contributed by atoms with van der Waals surface area (Å²) < 4.78 is 2.44. The first-order valence-electron chi connectivity index (χ1n) is 17.1. The molecule has 6 aromatic rings. The number of fused-ring (bicyclic) bond motifs is 6. The maximum absolute atomic E-state index is 2.58. The molecule has 2 nitrogen and oxygen atoms in total. The molecule has 1 unspecified atom stereocenters. The van der Waals surface area contributed by atoms with Crippen LogP contribution in [0.1, 0.15) is 63.6 Å². The van der Waals surface area contributed by atoms with Crippen molar-refractivity contribution in [3.8, 4) is 11.1 Å². The fourth-order valence-electron chi connectivity index (χ4n) is 7.99. The van der Waals surface area contributed by atoms with Gasteiger partial charge >= 0.3 is 0 Å². The van der Waals surface area contributed by atoms with E-state index in [1.807, 2.05) is 0 Å². The van der Waals surface area contributed by atoms with Gasteiger partial charge in [-0.15, -0.1) is 0 Å². The van der Waals surface area contributed by atoms with Crippen LogP contribution in [-0.2, 0) is 5.41 Å². The molecule has 232 valence electrons. The maximum Gasteiger partial charge on any atom is 0.0542 e. The highest BCUT2D eigenvalue weighted by Gasteiger charge is 2.36. The van der Waals surface area contributed by atoms with Crippen LogP contribution in [0.5, 0.6) is 0 Å². The summed E-state index contributed by atoms with van der Waals surface area (Å²) in [6, 6.07) is 43.0. The first-order valence-corrected chi connectivity index (χ1v) is 17.1. The lowest BCUT2D eigenvalue weighted by molar-refractivity contribution is 0.659. The van der Waals surface area contributed by atoms with Crippen molar-refractivity contribution in [3.05, 3.63) is 156 Å². The third-order valence-electron chi connectivity index (χ3n) is 10.4. The number of hydrogen-bond acceptors (Lipinski definition) is 1. The van der Waals surface area contributed by atoms with E-state index in [9.17, 15) is 0 Å². The van der Waals surface area contributed by atoms with Crippen molar-refractivity contribution in [3.63, 3.8) is 0 Å². The molecule has 47 heavy (non-hydrogen) atoms. The number of anilines is 2. The molecule has 5 aromatic carbocycles. The number of benzene rings is 5. The Morgan fingerprint density at radius 3 is 2.26 bits per heavy atom. The monoisotopic (exact) mass is 610 g/mol. The van der Waals surface area contributed by atoms with Gasteiger partial charge in [0.15, 0.2) is 0 Å². The van der Waals surface area contributed by atoms with E-state index >= 15 is 0 Å². The smallest absolute Gasteiger partial charge is 0.0542 e. The molecule has 2 aliphatic carbocycles. The topological polar surface area (TPSA) is 8.17 Å². The van der Waals surface area contributed by atoms with Gasteiger partial charge in [0, 0.05) is 33.3 Å². The van der Waals surface area contributed by atoms with Gasteiger partial charge in [-0.1, -0.05) is 118 Å². The molecule has 8 rings (SSSR count). The predicted molar refractivity (Wildman–Crippen MR) is 202 cm³/mol. The molecule has 0 aliphatic heterocycles. The predicted octanol–water partition coefficient (Wildman–Crippen LogP) is 12.3. The highest BCUT2D eigenvalue weighted by atomic mass is 15.2. The van der Waals surface area contributed by atoms with Crippen LogP contribution in [0.4, 0.5) is 11.4 Å². The van der Waals surface area contributed by atoms with E-state index in [4.69, 9.17) is 0 Å². The van der Waals surface area contributed by atoms with Gasteiger partial charge < -0.3 is 9.47 Å². The van der Waals surface area contributed by atoms with Crippen molar-refractivity contribution < 1.29 is 0 Å². The Balaban J connectivity index is 1.33. The summed E-state index contributed by atoms with van der Waals surface area (Å²) in [5.41, 5.74) is 14.2. The Labute approximate surface area is 279 Å². The molecule has 0 saturated carbocycles. The fraction of sp³-hybridized carbons (Fsp3) is 0.200. The number of aromatic nitrogens is 1. The molecule has 0 fully saturated rings. The number of para-hydroxylation sites is 1. The van der Waals surface area contributed by atoms with Crippen LogP contribution >= 0.6 is 0 Å². The summed E-state index contributed by atoms with van der Waals surface area (Å²) in [6.45, 7) is 9.31. The van der Waals surface area contributed by atoms with Crippen molar-refractivity contribution >= 4 is 44.5 Å². The Morgan fingerprint density at radius 2 is 1.45 bits per heavy atom. The minimum absolute atomic E-state index is 0.0657. The van der Waals surface area contributed by atoms with Gasteiger partial charge in [-0.2, -0.15) is 0 Å². The summed E-state index contributed by atoms with van der Waals surface area (Å²) in [6.07, 6.45) is 12.6. The molecule has 0 amide bonds. The van der Waals surface area contributed by atoms with E-state index in [2.05, 4.69) is 177 Å². The molecule has 0 N–H and O–H groups in total. The third-order valence-corrected chi connectivity index (χ3v) is 10.4. The molecule has 2 aliphatic rings. The molecule has 1 aromatic heterocycles. The average molecular weight is 611 g/mol. The zero-order chi connectivity index (χ0) is 32.1. The minimum Gasteiger partial charge on any atom is -0.334 e. The van der Waals surface area contributed by atoms with Gasteiger partial charge in [0.25, 0.3) is 0 Å². The van der Waals surface area contributed by atoms with Crippen LogP contribution in [0.2, 0.25) is 0 Å². The van der Waals surface area contributed by atoms with Crippen LogP contribution < -0.4 is 4.90 Å². The molecular weight excluding hydrogens is 569 g/mol. The first kappa shape index (κ1) is 29.3. The Bertz CT molecular complexity index is 2220. The molecule has 0 spiro atoms. The second-order valence-electron chi connectivity index (χ2n) is 13.6. The molecule has 2 heteroatoms. The Morgan fingerprint density at radius 1 is 0.745 bits per heavy atom. The maximum atomic E-state index is 2.58. The number of rotatable bonds is 7. The van der Waals surface area contributed by atoms with Gasteiger partial charge in [-0.25, -0.2) is 0 Å². The number of hydrogen-bond donors (Lipinski definition) is 0. The molecule has 0 bridgehead atoms. The Hall–Kier alpha value is -5.08. The highest BCUT2D eigenvalue weighted by Crippen LogP contribution is 2.50. The summed E-state index contributed by atoms with van der Waals surface area (Å²) in [4.78, 5) is 2.58. The number of nitrogens with zero attached hydrogens (tertiary/aromatic N) is 2. The number of allylic oxidation sites excluding steroid dienone is 5. The standard InChI is InChI=1S/C45H42N2/c1-5-33(28-31(2)32-16-8-6-9-17-32)46(36-24-26-38-37-20-12-14-22-41(37)45(3,4)42(38)30-36)35-25-27-44-40(29-35)39-21-13-15-23-43(39)47(44)34-18-10-7-11-19-34/h6,8-10,12-30,33H,5,7,11H2,1-4H3/b31-28+. The molecular formula is C45H42N2. The average Bonchev–Trinajstić information content (AvgIpc) is 3.57. The lowest BCUT2D eigenvalue weighted by Crippen LogP contribution is -2.29. The highest BCUT2D eigenvalue weighted by molar-refractivity contribution is 6.11. The van der Waals surface area contributed by atoms with E-state index < -0.39 is 0 Å². The molecule has 0 radical (unpaired) electrons. The van der Waals surface area contributed by atoms with Gasteiger partial charge in [-0.3, -0.25) is 0 Å². The van der Waals surface area contributed by atoms with E-state index in [1.165, 1.54) is 72.3 Å². The van der Waals surface area contributed by atoms with E-state index in [-0.39, 0.29) is 11.5 Å². The van der Waals surface area contributed by atoms with Crippen LogP contribution in [0.15, 0.2) is 140 Å². The first-order chi connectivity index (χ1) is 23.0. The van der Waals surface area contributed by atoms with Crippen LogP contribution in [0, 0.1) is 0 Å². The summed E-state index contributed by atoms with van der Waals surface area (Å²) in [7, 11) is 0. The third kappa shape index (κ3) is 4.86. The normalized spacial score (nSPS) is 15.8.